The van der Waals surface area contributed by atoms with Gasteiger partial charge in [-0.05, 0) is 43.4 Å². The van der Waals surface area contributed by atoms with Crippen molar-refractivity contribution < 1.29 is 17.9 Å². The SMILES string of the molecule is N#Cc1ccc(C2(O)CC3CCCC(C2)S3(=O)=O)cc1F. The van der Waals surface area contributed by atoms with E-state index in [9.17, 15) is 17.9 Å². The lowest BCUT2D eigenvalue weighted by molar-refractivity contribution is 0.00474. The van der Waals surface area contributed by atoms with Gasteiger partial charge in [-0.15, -0.1) is 0 Å². The fraction of sp³-hybridized carbons (Fsp3) is 0.533. The van der Waals surface area contributed by atoms with Crippen LogP contribution in [-0.2, 0) is 15.4 Å². The van der Waals surface area contributed by atoms with Crippen molar-refractivity contribution in [1.29, 1.82) is 5.26 Å². The van der Waals surface area contributed by atoms with Gasteiger partial charge >= 0.3 is 0 Å². The van der Waals surface area contributed by atoms with Crippen LogP contribution in [0.25, 0.3) is 0 Å². The highest BCUT2D eigenvalue weighted by molar-refractivity contribution is 7.92. The summed E-state index contributed by atoms with van der Waals surface area (Å²) in [5.41, 5.74) is -1.03. The molecule has 0 radical (unpaired) electrons. The van der Waals surface area contributed by atoms with Gasteiger partial charge in [0.2, 0.25) is 0 Å². The number of hydrogen-bond acceptors (Lipinski definition) is 4. The maximum Gasteiger partial charge on any atom is 0.156 e. The summed E-state index contributed by atoms with van der Waals surface area (Å²) >= 11 is 0. The summed E-state index contributed by atoms with van der Waals surface area (Å²) in [5.74, 6) is -0.679. The van der Waals surface area contributed by atoms with E-state index in [1.54, 1.807) is 6.07 Å². The quantitative estimate of drug-likeness (QED) is 0.861. The average Bonchev–Trinajstić information content (AvgIpc) is 2.40. The number of nitrogens with zero attached hydrogens (tertiary/aromatic N) is 1. The standard InChI is InChI=1S/C15H16FNO3S/c16-14-6-11(5-4-10(14)9-17)15(18)7-12-2-1-3-13(8-15)21(12,19)20/h4-6,12-13,18H,1-3,7-8H2. The van der Waals surface area contributed by atoms with Crippen LogP contribution in [0.1, 0.15) is 43.2 Å². The van der Waals surface area contributed by atoms with Crippen molar-refractivity contribution in [3.05, 3.63) is 35.1 Å². The largest absolute Gasteiger partial charge is 0.385 e. The van der Waals surface area contributed by atoms with Gasteiger partial charge in [0.15, 0.2) is 9.84 Å². The Labute approximate surface area is 123 Å². The Balaban J connectivity index is 1.99. The summed E-state index contributed by atoms with van der Waals surface area (Å²) < 4.78 is 38.3. The van der Waals surface area contributed by atoms with Crippen molar-refractivity contribution >= 4 is 9.84 Å². The zero-order valence-corrected chi connectivity index (χ0v) is 12.2. The van der Waals surface area contributed by atoms with Gasteiger partial charge in [-0.2, -0.15) is 5.26 Å². The normalized spacial score (nSPS) is 34.1. The molecule has 2 saturated heterocycles. The Morgan fingerprint density at radius 2 is 1.90 bits per heavy atom. The predicted molar refractivity (Wildman–Crippen MR) is 74.6 cm³/mol. The number of sulfone groups is 1. The van der Waals surface area contributed by atoms with Crippen LogP contribution in [0.3, 0.4) is 0 Å². The summed E-state index contributed by atoms with van der Waals surface area (Å²) in [7, 11) is -3.17. The Morgan fingerprint density at radius 3 is 2.43 bits per heavy atom. The molecule has 0 amide bonds. The molecule has 0 aliphatic carbocycles. The molecule has 4 nitrogen and oxygen atoms in total. The van der Waals surface area contributed by atoms with Crippen LogP contribution < -0.4 is 0 Å². The summed E-state index contributed by atoms with van der Waals surface area (Å²) in [6, 6.07) is 5.76. The first-order valence-electron chi connectivity index (χ1n) is 7.02. The van der Waals surface area contributed by atoms with Crippen LogP contribution in [0.5, 0.6) is 0 Å². The van der Waals surface area contributed by atoms with Gasteiger partial charge in [-0.3, -0.25) is 0 Å². The van der Waals surface area contributed by atoms with E-state index in [1.165, 1.54) is 12.1 Å². The lowest BCUT2D eigenvalue weighted by atomic mass is 9.80. The first kappa shape index (κ1) is 14.5. The lowest BCUT2D eigenvalue weighted by Gasteiger charge is -2.44. The molecular formula is C15H16FNO3S. The molecule has 0 spiro atoms. The Kier molecular flexibility index (Phi) is 3.30. The third-order valence-electron chi connectivity index (χ3n) is 4.74. The van der Waals surface area contributed by atoms with Crippen LogP contribution in [0.4, 0.5) is 4.39 Å². The van der Waals surface area contributed by atoms with E-state index < -0.39 is 31.8 Å². The number of rotatable bonds is 1. The van der Waals surface area contributed by atoms with E-state index >= 15 is 0 Å². The summed E-state index contributed by atoms with van der Waals surface area (Å²) in [6.45, 7) is 0. The second-order valence-electron chi connectivity index (χ2n) is 6.01. The van der Waals surface area contributed by atoms with Crippen LogP contribution in [0.2, 0.25) is 0 Å². The first-order valence-corrected chi connectivity index (χ1v) is 8.63. The van der Waals surface area contributed by atoms with Gasteiger partial charge in [0.1, 0.15) is 11.9 Å². The van der Waals surface area contributed by atoms with E-state index in [4.69, 9.17) is 5.26 Å². The van der Waals surface area contributed by atoms with Crippen molar-refractivity contribution in [2.45, 2.75) is 48.2 Å². The van der Waals surface area contributed by atoms with Crippen molar-refractivity contribution in [3.63, 3.8) is 0 Å². The fourth-order valence-electron chi connectivity index (χ4n) is 3.58. The molecule has 0 aromatic heterocycles. The number of aliphatic hydroxyl groups is 1. The summed E-state index contributed by atoms with van der Waals surface area (Å²) in [4.78, 5) is 0. The van der Waals surface area contributed by atoms with Crippen molar-refractivity contribution in [1.82, 2.24) is 0 Å². The molecule has 2 bridgehead atoms. The summed E-state index contributed by atoms with van der Waals surface area (Å²) in [5, 5.41) is 18.5. The maximum absolute atomic E-state index is 13.8. The molecule has 6 heteroatoms. The number of nitriles is 1. The number of hydrogen-bond donors (Lipinski definition) is 1. The van der Waals surface area contributed by atoms with Crippen LogP contribution in [0.15, 0.2) is 18.2 Å². The fourth-order valence-corrected chi connectivity index (χ4v) is 6.13. The van der Waals surface area contributed by atoms with Crippen molar-refractivity contribution in [2.75, 3.05) is 0 Å². The van der Waals surface area contributed by atoms with E-state index in [0.717, 1.165) is 12.5 Å². The van der Waals surface area contributed by atoms with Gasteiger partial charge in [-0.1, -0.05) is 12.5 Å². The minimum Gasteiger partial charge on any atom is -0.385 e. The molecular weight excluding hydrogens is 293 g/mol. The van der Waals surface area contributed by atoms with Crippen molar-refractivity contribution in [3.8, 4) is 6.07 Å². The average molecular weight is 309 g/mol. The number of benzene rings is 1. The van der Waals surface area contributed by atoms with Crippen LogP contribution in [-0.4, -0.2) is 24.0 Å². The molecule has 2 heterocycles. The minimum atomic E-state index is -3.17. The predicted octanol–water partition coefficient (Wildman–Crippen LogP) is 2.01. The highest BCUT2D eigenvalue weighted by Crippen LogP contribution is 2.46. The molecule has 1 N–H and O–H groups in total. The van der Waals surface area contributed by atoms with Gasteiger partial charge in [0, 0.05) is 0 Å². The second kappa shape index (κ2) is 4.79. The van der Waals surface area contributed by atoms with Crippen molar-refractivity contribution in [2.24, 2.45) is 0 Å². The van der Waals surface area contributed by atoms with Gasteiger partial charge in [0.05, 0.1) is 21.7 Å². The molecule has 2 aliphatic heterocycles. The molecule has 21 heavy (non-hydrogen) atoms. The maximum atomic E-state index is 13.8. The molecule has 3 rings (SSSR count). The van der Waals surface area contributed by atoms with Crippen LogP contribution >= 0.6 is 0 Å². The molecule has 2 atom stereocenters. The number of fused-ring (bicyclic) bond motifs is 2. The topological polar surface area (TPSA) is 78.2 Å². The summed E-state index contributed by atoms with van der Waals surface area (Å²) in [6.07, 6.45) is 2.18. The molecule has 1 aromatic carbocycles. The Bertz CT molecular complexity index is 703. The number of halogens is 1. The highest BCUT2D eigenvalue weighted by Gasteiger charge is 2.51. The molecule has 112 valence electrons. The third kappa shape index (κ3) is 2.25. The van der Waals surface area contributed by atoms with E-state index in [-0.39, 0.29) is 18.4 Å². The third-order valence-corrected chi connectivity index (χ3v) is 7.40. The molecule has 2 fully saturated rings. The first-order chi connectivity index (χ1) is 9.87. The Morgan fingerprint density at radius 1 is 1.29 bits per heavy atom. The van der Waals surface area contributed by atoms with E-state index in [2.05, 4.69) is 0 Å². The smallest absolute Gasteiger partial charge is 0.156 e. The Hall–Kier alpha value is -1.45. The molecule has 0 saturated carbocycles. The lowest BCUT2D eigenvalue weighted by Crippen LogP contribution is -2.50. The van der Waals surface area contributed by atoms with Gasteiger partial charge in [0.25, 0.3) is 0 Å². The highest BCUT2D eigenvalue weighted by atomic mass is 32.2. The molecule has 1 aromatic rings. The van der Waals surface area contributed by atoms with E-state index in [0.29, 0.717) is 18.4 Å². The molecule has 2 unspecified atom stereocenters. The zero-order chi connectivity index (χ0) is 15.3. The monoisotopic (exact) mass is 309 g/mol. The van der Waals surface area contributed by atoms with E-state index in [1.807, 2.05) is 0 Å². The van der Waals surface area contributed by atoms with Crippen LogP contribution in [0, 0.1) is 17.1 Å². The van der Waals surface area contributed by atoms with Gasteiger partial charge in [-0.25, -0.2) is 12.8 Å². The minimum absolute atomic E-state index is 0.0778. The molecule has 2 aliphatic rings. The van der Waals surface area contributed by atoms with Gasteiger partial charge < -0.3 is 5.11 Å². The zero-order valence-electron chi connectivity index (χ0n) is 11.4. The second-order valence-corrected chi connectivity index (χ2v) is 8.52.